The van der Waals surface area contributed by atoms with Crippen molar-refractivity contribution in [2.24, 2.45) is 5.92 Å². The number of nitrogens with zero attached hydrogens (tertiary/aromatic N) is 1. The highest BCUT2D eigenvalue weighted by Gasteiger charge is 2.16. The summed E-state index contributed by atoms with van der Waals surface area (Å²) in [5.41, 5.74) is 0.959. The fourth-order valence-electron chi connectivity index (χ4n) is 2.86. The lowest BCUT2D eigenvalue weighted by molar-refractivity contribution is -0.141. The summed E-state index contributed by atoms with van der Waals surface area (Å²) in [6.45, 7) is 2.15. The fourth-order valence-corrected chi connectivity index (χ4v) is 2.86. The predicted octanol–water partition coefficient (Wildman–Crippen LogP) is 7.41. The Morgan fingerprint density at radius 3 is 1.74 bits per heavy atom. The van der Waals surface area contributed by atoms with Crippen molar-refractivity contribution in [1.29, 1.82) is 0 Å². The van der Waals surface area contributed by atoms with Gasteiger partial charge in [0.05, 0.1) is 5.92 Å². The van der Waals surface area contributed by atoms with Crippen LogP contribution in [0.3, 0.4) is 0 Å². The zero-order valence-corrected chi connectivity index (χ0v) is 18.8. The number of hydrogen-bond acceptors (Lipinski definition) is 2. The first-order valence-corrected chi connectivity index (χ1v) is 11.3. The van der Waals surface area contributed by atoms with Gasteiger partial charge in [-0.1, -0.05) is 85.9 Å². The fraction of sp³-hybridized carbons (Fsp3) is 0.357. The average molecular weight is 420 g/mol. The molecule has 1 N–H and O–H groups in total. The van der Waals surface area contributed by atoms with Gasteiger partial charge in [-0.25, -0.2) is 0 Å². The molecule has 0 aliphatic carbocycles. The molecule has 3 heteroatoms. The maximum atomic E-state index is 11.4. The number of hydrogen-bond donors (Lipinski definition) is 1. The van der Waals surface area contributed by atoms with Gasteiger partial charge in [-0.2, -0.15) is 0 Å². The van der Waals surface area contributed by atoms with Crippen molar-refractivity contribution in [1.82, 2.24) is 4.98 Å². The molecule has 166 valence electrons. The zero-order valence-electron chi connectivity index (χ0n) is 18.8. The highest BCUT2D eigenvalue weighted by Crippen LogP contribution is 2.13. The zero-order chi connectivity index (χ0) is 22.4. The maximum Gasteiger partial charge on any atom is 0.307 e. The maximum absolute atomic E-state index is 11.4. The molecule has 1 heterocycles. The lowest BCUT2D eigenvalue weighted by Gasteiger charge is -2.09. The van der Waals surface area contributed by atoms with E-state index < -0.39 is 11.9 Å². The van der Waals surface area contributed by atoms with Gasteiger partial charge in [0.25, 0.3) is 0 Å². The van der Waals surface area contributed by atoms with E-state index in [2.05, 4.69) is 72.7 Å². The molecule has 0 saturated heterocycles. The summed E-state index contributed by atoms with van der Waals surface area (Å²) < 4.78 is 0. The minimum atomic E-state index is -0.761. The van der Waals surface area contributed by atoms with Crippen LogP contribution in [-0.2, 0) is 11.2 Å². The number of allylic oxidation sites excluding steroid dienone is 12. The quantitative estimate of drug-likeness (QED) is 0.284. The van der Waals surface area contributed by atoms with E-state index in [1.807, 2.05) is 24.3 Å². The monoisotopic (exact) mass is 419 g/mol. The number of carbonyl (C=O) groups is 1. The minimum absolute atomic E-state index is 0.409. The van der Waals surface area contributed by atoms with Gasteiger partial charge in [0.2, 0.25) is 0 Å². The number of carboxylic acid groups (broad SMARTS) is 1. The standard InChI is InChI=1S/C28H37NO2/c1-2-3-4-5-6-7-8-9-10-11-12-13-14-15-16-17-18-19-22-27(28(30)31)24-26-21-20-23-29-25-26/h3-4,6-7,9-10,12-13,15-16,18-21,23,25,27H,2,5,8,11,14,17,22,24H2,1H3,(H,30,31)/b4-3?,7-6?,10-9?,13-12?,16-15?,19-18-. The Bertz CT molecular complexity index is 754. The van der Waals surface area contributed by atoms with Crippen LogP contribution in [0, 0.1) is 5.92 Å². The van der Waals surface area contributed by atoms with Crippen LogP contribution in [0.4, 0.5) is 0 Å². The summed E-state index contributed by atoms with van der Waals surface area (Å²) in [6.07, 6.45) is 36.1. The number of aromatic nitrogens is 1. The lowest BCUT2D eigenvalue weighted by atomic mass is 9.97. The van der Waals surface area contributed by atoms with Gasteiger partial charge in [-0.15, -0.1) is 0 Å². The molecule has 0 aromatic carbocycles. The topological polar surface area (TPSA) is 50.2 Å². The summed E-state index contributed by atoms with van der Waals surface area (Å²) in [7, 11) is 0. The highest BCUT2D eigenvalue weighted by atomic mass is 16.4. The van der Waals surface area contributed by atoms with E-state index in [9.17, 15) is 9.90 Å². The Kier molecular flexibility index (Phi) is 16.0. The van der Waals surface area contributed by atoms with Crippen molar-refractivity contribution >= 4 is 5.97 Å². The van der Waals surface area contributed by atoms with Crippen LogP contribution >= 0.6 is 0 Å². The predicted molar refractivity (Wildman–Crippen MR) is 132 cm³/mol. The number of rotatable bonds is 16. The number of pyridine rings is 1. The van der Waals surface area contributed by atoms with Crippen molar-refractivity contribution < 1.29 is 9.90 Å². The summed E-state index contributed by atoms with van der Waals surface area (Å²) in [4.78, 5) is 15.5. The van der Waals surface area contributed by atoms with E-state index >= 15 is 0 Å². The van der Waals surface area contributed by atoms with Gasteiger partial charge in [0.1, 0.15) is 0 Å². The van der Waals surface area contributed by atoms with Crippen LogP contribution in [0.2, 0.25) is 0 Å². The third-order valence-corrected chi connectivity index (χ3v) is 4.57. The smallest absolute Gasteiger partial charge is 0.307 e. The molecule has 0 aliphatic rings. The molecule has 0 radical (unpaired) electrons. The van der Waals surface area contributed by atoms with Crippen molar-refractivity contribution in [3.8, 4) is 0 Å². The van der Waals surface area contributed by atoms with Gasteiger partial charge < -0.3 is 5.11 Å². The summed E-state index contributed by atoms with van der Waals surface area (Å²) >= 11 is 0. The van der Waals surface area contributed by atoms with Gasteiger partial charge in [0, 0.05) is 12.4 Å². The molecule has 1 aromatic heterocycles. The van der Waals surface area contributed by atoms with Crippen LogP contribution in [0.1, 0.15) is 57.4 Å². The number of aliphatic carboxylic acids is 1. The van der Waals surface area contributed by atoms with Crippen molar-refractivity contribution in [2.45, 2.75) is 58.3 Å². The second-order valence-electron chi connectivity index (χ2n) is 7.25. The first-order chi connectivity index (χ1) is 15.2. The van der Waals surface area contributed by atoms with Crippen molar-refractivity contribution in [3.63, 3.8) is 0 Å². The second-order valence-corrected chi connectivity index (χ2v) is 7.25. The summed E-state index contributed by atoms with van der Waals surface area (Å²) in [6, 6.07) is 3.76. The third-order valence-electron chi connectivity index (χ3n) is 4.57. The number of carboxylic acids is 1. The molecular formula is C28H37NO2. The van der Waals surface area contributed by atoms with E-state index in [0.717, 1.165) is 44.1 Å². The van der Waals surface area contributed by atoms with Crippen LogP contribution in [0.15, 0.2) is 97.4 Å². The Hall–Kier alpha value is -2.94. The molecule has 0 bridgehead atoms. The Morgan fingerprint density at radius 1 is 0.839 bits per heavy atom. The molecule has 1 unspecified atom stereocenters. The van der Waals surface area contributed by atoms with E-state index in [1.165, 1.54) is 0 Å². The molecule has 0 saturated carbocycles. The first kappa shape index (κ1) is 26.1. The van der Waals surface area contributed by atoms with Crippen molar-refractivity contribution in [3.05, 3.63) is 103 Å². The Balaban J connectivity index is 2.12. The van der Waals surface area contributed by atoms with E-state index in [1.54, 1.807) is 12.4 Å². The molecule has 0 aliphatic heterocycles. The van der Waals surface area contributed by atoms with Gasteiger partial charge in [0.15, 0.2) is 0 Å². The molecule has 0 amide bonds. The molecule has 3 nitrogen and oxygen atoms in total. The normalized spacial score (nSPS) is 13.7. The minimum Gasteiger partial charge on any atom is -0.481 e. The molecule has 31 heavy (non-hydrogen) atoms. The van der Waals surface area contributed by atoms with Crippen LogP contribution in [-0.4, -0.2) is 16.1 Å². The molecule has 1 rings (SSSR count). The van der Waals surface area contributed by atoms with Gasteiger partial charge in [-0.3, -0.25) is 9.78 Å². The van der Waals surface area contributed by atoms with Gasteiger partial charge >= 0.3 is 5.97 Å². The van der Waals surface area contributed by atoms with Crippen molar-refractivity contribution in [2.75, 3.05) is 0 Å². The van der Waals surface area contributed by atoms with E-state index in [0.29, 0.717) is 12.8 Å². The Morgan fingerprint density at radius 2 is 1.32 bits per heavy atom. The molecule has 0 spiro atoms. The summed E-state index contributed by atoms with van der Waals surface area (Å²) in [5.74, 6) is -1.17. The SMILES string of the molecule is CCC=CCC=CCC=CCC=CCC=CC/C=C\CC(Cc1cccnc1)C(=O)O. The molecular weight excluding hydrogens is 382 g/mol. The van der Waals surface area contributed by atoms with E-state index in [-0.39, 0.29) is 0 Å². The third kappa shape index (κ3) is 15.5. The van der Waals surface area contributed by atoms with Crippen LogP contribution < -0.4 is 0 Å². The van der Waals surface area contributed by atoms with E-state index in [4.69, 9.17) is 0 Å². The second kappa shape index (κ2) is 19.0. The molecule has 1 aromatic rings. The molecule has 1 atom stereocenters. The average Bonchev–Trinajstić information content (AvgIpc) is 2.78. The van der Waals surface area contributed by atoms with Gasteiger partial charge in [-0.05, 0) is 63.0 Å². The first-order valence-electron chi connectivity index (χ1n) is 11.3. The van der Waals surface area contributed by atoms with Crippen LogP contribution in [0.25, 0.3) is 0 Å². The lowest BCUT2D eigenvalue weighted by Crippen LogP contribution is -2.15. The Labute approximate surface area is 188 Å². The largest absolute Gasteiger partial charge is 0.481 e. The highest BCUT2D eigenvalue weighted by molar-refractivity contribution is 5.70. The van der Waals surface area contributed by atoms with Crippen LogP contribution in [0.5, 0.6) is 0 Å². The summed E-state index contributed by atoms with van der Waals surface area (Å²) in [5, 5.41) is 9.39. The molecule has 0 fully saturated rings.